The van der Waals surface area contributed by atoms with E-state index in [2.05, 4.69) is 5.32 Å². The molecule has 0 heterocycles. The maximum Gasteiger partial charge on any atom is 0.220 e. The molecule has 0 aliphatic heterocycles. The van der Waals surface area contributed by atoms with E-state index in [1.165, 1.54) is 0 Å². The number of hydrogen-bond acceptors (Lipinski definition) is 3. The van der Waals surface area contributed by atoms with Gasteiger partial charge in [-0.2, -0.15) is 0 Å². The molecule has 0 unspecified atom stereocenters. The maximum absolute atomic E-state index is 10.9. The monoisotopic (exact) mass is 172 g/mol. The number of ketones is 1. The van der Waals surface area contributed by atoms with Gasteiger partial charge in [0, 0.05) is 19.4 Å². The number of carbonyl (C=O) groups is 2. The molecule has 3 N–H and O–H groups in total. The van der Waals surface area contributed by atoms with E-state index >= 15 is 0 Å². The Bertz CT molecular complexity index is 157. The molecule has 0 radical (unpaired) electrons. The van der Waals surface area contributed by atoms with Gasteiger partial charge in [-0.15, -0.1) is 0 Å². The standard InChI is InChI=1S/C8H16N2O2/c1-2-5-10-8(12)4-3-7(11)6-9/h2-6,9H2,1H3,(H,10,12). The first-order valence-corrected chi connectivity index (χ1v) is 4.19. The molecule has 4 heteroatoms. The van der Waals surface area contributed by atoms with Crippen molar-refractivity contribution in [2.45, 2.75) is 26.2 Å². The second-order valence-corrected chi connectivity index (χ2v) is 2.59. The fourth-order valence-electron chi connectivity index (χ4n) is 0.708. The van der Waals surface area contributed by atoms with Crippen molar-refractivity contribution in [2.24, 2.45) is 5.73 Å². The third kappa shape index (κ3) is 5.85. The van der Waals surface area contributed by atoms with Gasteiger partial charge in [0.05, 0.1) is 6.54 Å². The van der Waals surface area contributed by atoms with Crippen LogP contribution in [0, 0.1) is 0 Å². The highest BCUT2D eigenvalue weighted by Crippen LogP contribution is 1.89. The van der Waals surface area contributed by atoms with E-state index < -0.39 is 0 Å². The van der Waals surface area contributed by atoms with Gasteiger partial charge in [0.15, 0.2) is 0 Å². The molecule has 1 amide bonds. The Labute approximate surface area is 72.5 Å². The van der Waals surface area contributed by atoms with Gasteiger partial charge < -0.3 is 11.1 Å². The Morgan fingerprint density at radius 1 is 1.33 bits per heavy atom. The fraction of sp³-hybridized carbons (Fsp3) is 0.750. The van der Waals surface area contributed by atoms with Crippen LogP contribution in [0.25, 0.3) is 0 Å². The molecule has 4 nitrogen and oxygen atoms in total. The van der Waals surface area contributed by atoms with Crippen molar-refractivity contribution in [2.75, 3.05) is 13.1 Å². The smallest absolute Gasteiger partial charge is 0.220 e. The summed E-state index contributed by atoms with van der Waals surface area (Å²) in [5.74, 6) is -0.139. The lowest BCUT2D eigenvalue weighted by atomic mass is 10.2. The summed E-state index contributed by atoms with van der Waals surface area (Å²) in [6, 6.07) is 0. The molecule has 0 spiro atoms. The van der Waals surface area contributed by atoms with Crippen molar-refractivity contribution in [1.82, 2.24) is 5.32 Å². The van der Waals surface area contributed by atoms with E-state index in [1.807, 2.05) is 6.92 Å². The third-order valence-electron chi connectivity index (χ3n) is 1.43. The summed E-state index contributed by atoms with van der Waals surface area (Å²) in [7, 11) is 0. The van der Waals surface area contributed by atoms with Crippen molar-refractivity contribution < 1.29 is 9.59 Å². The third-order valence-corrected chi connectivity index (χ3v) is 1.43. The molecule has 12 heavy (non-hydrogen) atoms. The zero-order valence-electron chi connectivity index (χ0n) is 7.43. The highest BCUT2D eigenvalue weighted by atomic mass is 16.2. The predicted octanol–water partition coefficient (Wildman–Crippen LogP) is -0.179. The molecular weight excluding hydrogens is 156 g/mol. The Morgan fingerprint density at radius 3 is 2.50 bits per heavy atom. The number of carbonyl (C=O) groups excluding carboxylic acids is 2. The van der Waals surface area contributed by atoms with Crippen molar-refractivity contribution in [1.29, 1.82) is 0 Å². The summed E-state index contributed by atoms with van der Waals surface area (Å²) < 4.78 is 0. The topological polar surface area (TPSA) is 72.2 Å². The number of amides is 1. The van der Waals surface area contributed by atoms with Crippen LogP contribution in [0.15, 0.2) is 0 Å². The quantitative estimate of drug-likeness (QED) is 0.583. The SMILES string of the molecule is CCCNC(=O)CCC(=O)CN. The van der Waals surface area contributed by atoms with Crippen LogP contribution < -0.4 is 11.1 Å². The van der Waals surface area contributed by atoms with Crippen LogP contribution in [0.1, 0.15) is 26.2 Å². The van der Waals surface area contributed by atoms with Gasteiger partial charge in [0.25, 0.3) is 0 Å². The van der Waals surface area contributed by atoms with E-state index in [1.54, 1.807) is 0 Å². The van der Waals surface area contributed by atoms with Gasteiger partial charge in [0.2, 0.25) is 5.91 Å². The van der Waals surface area contributed by atoms with E-state index in [9.17, 15) is 9.59 Å². The second kappa shape index (κ2) is 6.79. The summed E-state index contributed by atoms with van der Waals surface area (Å²) >= 11 is 0. The zero-order valence-corrected chi connectivity index (χ0v) is 7.43. The molecule has 0 aromatic carbocycles. The number of Topliss-reactive ketones (excluding diaryl/α,β-unsaturated/α-hetero) is 1. The normalized spacial score (nSPS) is 9.50. The first-order chi connectivity index (χ1) is 5.70. The van der Waals surface area contributed by atoms with Crippen LogP contribution in [0.3, 0.4) is 0 Å². The lowest BCUT2D eigenvalue weighted by Crippen LogP contribution is -2.25. The molecular formula is C8H16N2O2. The lowest BCUT2D eigenvalue weighted by Gasteiger charge is -2.01. The van der Waals surface area contributed by atoms with Gasteiger partial charge >= 0.3 is 0 Å². The van der Waals surface area contributed by atoms with Gasteiger partial charge in [-0.1, -0.05) is 6.92 Å². The Kier molecular flexibility index (Phi) is 6.28. The fourth-order valence-corrected chi connectivity index (χ4v) is 0.708. The molecule has 0 aliphatic rings. The van der Waals surface area contributed by atoms with Crippen LogP contribution >= 0.6 is 0 Å². The molecule has 0 bridgehead atoms. The molecule has 0 rings (SSSR count). The Hall–Kier alpha value is -0.900. The predicted molar refractivity (Wildman–Crippen MR) is 46.6 cm³/mol. The van der Waals surface area contributed by atoms with Gasteiger partial charge in [-0.05, 0) is 6.42 Å². The first-order valence-electron chi connectivity index (χ1n) is 4.19. The number of rotatable bonds is 6. The Morgan fingerprint density at radius 2 is 2.00 bits per heavy atom. The summed E-state index contributed by atoms with van der Waals surface area (Å²) in [5.41, 5.74) is 5.08. The van der Waals surface area contributed by atoms with Crippen molar-refractivity contribution in [3.05, 3.63) is 0 Å². The van der Waals surface area contributed by atoms with Crippen LogP contribution in [0.4, 0.5) is 0 Å². The van der Waals surface area contributed by atoms with Gasteiger partial charge in [-0.25, -0.2) is 0 Å². The second-order valence-electron chi connectivity index (χ2n) is 2.59. The lowest BCUT2D eigenvalue weighted by molar-refractivity contribution is -0.124. The van der Waals surface area contributed by atoms with E-state index in [0.29, 0.717) is 6.54 Å². The first kappa shape index (κ1) is 11.1. The molecule has 0 saturated heterocycles. The summed E-state index contributed by atoms with van der Waals surface area (Å²) in [5, 5.41) is 2.68. The van der Waals surface area contributed by atoms with Crippen LogP contribution in [-0.2, 0) is 9.59 Å². The molecule has 0 aromatic rings. The largest absolute Gasteiger partial charge is 0.356 e. The van der Waals surface area contributed by atoms with Crippen molar-refractivity contribution in [3.63, 3.8) is 0 Å². The highest BCUT2D eigenvalue weighted by molar-refractivity contribution is 5.85. The highest BCUT2D eigenvalue weighted by Gasteiger charge is 2.03. The zero-order chi connectivity index (χ0) is 9.40. The number of nitrogens with two attached hydrogens (primary N) is 1. The van der Waals surface area contributed by atoms with Crippen LogP contribution in [-0.4, -0.2) is 24.8 Å². The minimum Gasteiger partial charge on any atom is -0.356 e. The van der Waals surface area contributed by atoms with Crippen LogP contribution in [0.5, 0.6) is 0 Å². The van der Waals surface area contributed by atoms with Crippen molar-refractivity contribution in [3.8, 4) is 0 Å². The molecule has 0 aliphatic carbocycles. The molecule has 0 saturated carbocycles. The van der Waals surface area contributed by atoms with Crippen LogP contribution in [0.2, 0.25) is 0 Å². The van der Waals surface area contributed by atoms with E-state index in [4.69, 9.17) is 5.73 Å². The summed E-state index contributed by atoms with van der Waals surface area (Å²) in [4.78, 5) is 21.6. The minimum absolute atomic E-state index is 0.0288. The average molecular weight is 172 g/mol. The molecule has 0 aromatic heterocycles. The van der Waals surface area contributed by atoms with Gasteiger partial charge in [0.1, 0.15) is 5.78 Å². The molecule has 0 fully saturated rings. The average Bonchev–Trinajstić information content (AvgIpc) is 2.10. The van der Waals surface area contributed by atoms with Crippen molar-refractivity contribution >= 4 is 11.7 Å². The molecule has 70 valence electrons. The van der Waals surface area contributed by atoms with E-state index in [0.717, 1.165) is 6.42 Å². The van der Waals surface area contributed by atoms with E-state index in [-0.39, 0.29) is 31.1 Å². The summed E-state index contributed by atoms with van der Waals surface area (Å²) in [6.07, 6.45) is 1.43. The number of hydrogen-bond donors (Lipinski definition) is 2. The van der Waals surface area contributed by atoms with Gasteiger partial charge in [-0.3, -0.25) is 9.59 Å². The number of nitrogens with one attached hydrogen (secondary N) is 1. The molecule has 0 atom stereocenters. The summed E-state index contributed by atoms with van der Waals surface area (Å²) in [6.45, 7) is 2.68. The Balaban J connectivity index is 3.37. The maximum atomic E-state index is 10.9. The minimum atomic E-state index is -0.0707.